The quantitative estimate of drug-likeness (QED) is 0.489. The molecule has 1 saturated carbocycles. The zero-order valence-electron chi connectivity index (χ0n) is 6.64. The molecule has 0 heterocycles. The Morgan fingerprint density at radius 1 is 1.40 bits per heavy atom. The SMILES string of the molecule is [C-]#[N+]CC1CCCCC1C. The number of rotatable bonds is 1. The summed E-state index contributed by atoms with van der Waals surface area (Å²) in [5, 5.41) is 0. The van der Waals surface area contributed by atoms with Crippen LogP contribution in [0, 0.1) is 18.4 Å². The van der Waals surface area contributed by atoms with Crippen LogP contribution in [0.15, 0.2) is 0 Å². The van der Waals surface area contributed by atoms with Crippen LogP contribution in [0.25, 0.3) is 4.85 Å². The minimum atomic E-state index is 0.714. The van der Waals surface area contributed by atoms with Crippen molar-refractivity contribution in [1.29, 1.82) is 0 Å². The van der Waals surface area contributed by atoms with Crippen LogP contribution in [-0.2, 0) is 0 Å². The molecule has 1 nitrogen and oxygen atoms in total. The second kappa shape index (κ2) is 3.61. The van der Waals surface area contributed by atoms with E-state index in [9.17, 15) is 0 Å². The summed E-state index contributed by atoms with van der Waals surface area (Å²) in [4.78, 5) is 3.46. The standard InChI is InChI=1S/C9H15N/c1-8-5-3-4-6-9(8)7-10-2/h8-9H,3-7H2,1H3. The third-order valence-corrected chi connectivity index (χ3v) is 2.61. The van der Waals surface area contributed by atoms with Crippen LogP contribution in [-0.4, -0.2) is 6.54 Å². The Labute approximate surface area is 63.3 Å². The average Bonchev–Trinajstić information content (AvgIpc) is 1.94. The molecule has 1 aliphatic rings. The first kappa shape index (κ1) is 7.60. The van der Waals surface area contributed by atoms with E-state index in [1.165, 1.54) is 25.7 Å². The summed E-state index contributed by atoms with van der Waals surface area (Å²) in [6, 6.07) is 0. The van der Waals surface area contributed by atoms with E-state index in [2.05, 4.69) is 11.8 Å². The highest BCUT2D eigenvalue weighted by atomic mass is 14.6. The van der Waals surface area contributed by atoms with Gasteiger partial charge >= 0.3 is 0 Å². The van der Waals surface area contributed by atoms with Gasteiger partial charge in [0.25, 0.3) is 0 Å². The molecular formula is C9H15N. The lowest BCUT2D eigenvalue weighted by Crippen LogP contribution is -2.18. The molecule has 56 valence electrons. The number of hydrogen-bond donors (Lipinski definition) is 0. The van der Waals surface area contributed by atoms with Crippen LogP contribution < -0.4 is 0 Å². The maximum Gasteiger partial charge on any atom is 0.217 e. The Bertz CT molecular complexity index is 134. The Hall–Kier alpha value is -0.510. The zero-order chi connectivity index (χ0) is 7.40. The van der Waals surface area contributed by atoms with Crippen molar-refractivity contribution in [1.82, 2.24) is 0 Å². The highest BCUT2D eigenvalue weighted by Crippen LogP contribution is 2.29. The summed E-state index contributed by atoms with van der Waals surface area (Å²) in [7, 11) is 0. The van der Waals surface area contributed by atoms with Crippen molar-refractivity contribution < 1.29 is 0 Å². The predicted octanol–water partition coefficient (Wildman–Crippen LogP) is 2.73. The van der Waals surface area contributed by atoms with Crippen LogP contribution in [0.4, 0.5) is 0 Å². The molecule has 1 rings (SSSR count). The van der Waals surface area contributed by atoms with Crippen molar-refractivity contribution in [2.45, 2.75) is 32.6 Å². The molecule has 0 amide bonds. The highest BCUT2D eigenvalue weighted by Gasteiger charge is 2.22. The maximum absolute atomic E-state index is 6.75. The molecule has 0 N–H and O–H groups in total. The van der Waals surface area contributed by atoms with E-state index in [0.29, 0.717) is 5.92 Å². The first-order valence-corrected chi connectivity index (χ1v) is 4.18. The van der Waals surface area contributed by atoms with Gasteiger partial charge in [0.15, 0.2) is 0 Å². The van der Waals surface area contributed by atoms with Gasteiger partial charge in [-0.3, -0.25) is 0 Å². The van der Waals surface area contributed by atoms with Crippen LogP contribution in [0.5, 0.6) is 0 Å². The van der Waals surface area contributed by atoms with E-state index in [1.807, 2.05) is 0 Å². The second-order valence-electron chi connectivity index (χ2n) is 3.36. The van der Waals surface area contributed by atoms with E-state index >= 15 is 0 Å². The molecule has 1 fully saturated rings. The van der Waals surface area contributed by atoms with Gasteiger partial charge in [-0.25, -0.2) is 6.57 Å². The van der Waals surface area contributed by atoms with E-state index in [-0.39, 0.29) is 0 Å². The lowest BCUT2D eigenvalue weighted by Gasteiger charge is -2.24. The van der Waals surface area contributed by atoms with Gasteiger partial charge in [-0.2, -0.15) is 0 Å². The number of hydrogen-bond acceptors (Lipinski definition) is 0. The Morgan fingerprint density at radius 3 is 2.70 bits per heavy atom. The molecule has 1 aliphatic carbocycles. The van der Waals surface area contributed by atoms with Gasteiger partial charge in [0.1, 0.15) is 0 Å². The Balaban J connectivity index is 2.34. The van der Waals surface area contributed by atoms with Crippen molar-refractivity contribution in [2.75, 3.05) is 6.54 Å². The van der Waals surface area contributed by atoms with Gasteiger partial charge in [0.2, 0.25) is 6.54 Å². The summed E-state index contributed by atoms with van der Waals surface area (Å²) in [5.41, 5.74) is 0. The third kappa shape index (κ3) is 1.73. The van der Waals surface area contributed by atoms with Gasteiger partial charge in [0, 0.05) is 5.92 Å². The summed E-state index contributed by atoms with van der Waals surface area (Å²) in [6.45, 7) is 9.81. The second-order valence-corrected chi connectivity index (χ2v) is 3.36. The average molecular weight is 137 g/mol. The summed E-state index contributed by atoms with van der Waals surface area (Å²) in [5.74, 6) is 1.52. The molecule has 0 radical (unpaired) electrons. The molecule has 2 atom stereocenters. The first-order chi connectivity index (χ1) is 4.84. The largest absolute Gasteiger partial charge is 0.317 e. The normalized spacial score (nSPS) is 33.2. The molecule has 1 heteroatoms. The van der Waals surface area contributed by atoms with E-state index in [0.717, 1.165) is 12.5 Å². The molecule has 0 aromatic rings. The highest BCUT2D eigenvalue weighted by molar-refractivity contribution is 4.78. The molecule has 10 heavy (non-hydrogen) atoms. The van der Waals surface area contributed by atoms with Crippen molar-refractivity contribution in [2.24, 2.45) is 11.8 Å². The van der Waals surface area contributed by atoms with Crippen LogP contribution >= 0.6 is 0 Å². The Kier molecular flexibility index (Phi) is 2.74. The van der Waals surface area contributed by atoms with Crippen LogP contribution in [0.1, 0.15) is 32.6 Å². The van der Waals surface area contributed by atoms with Gasteiger partial charge < -0.3 is 4.85 Å². The molecule has 0 saturated heterocycles. The van der Waals surface area contributed by atoms with Gasteiger partial charge in [-0.1, -0.05) is 26.2 Å². The van der Waals surface area contributed by atoms with Gasteiger partial charge in [-0.05, 0) is 12.3 Å². The summed E-state index contributed by atoms with van der Waals surface area (Å²) in [6.07, 6.45) is 5.38. The summed E-state index contributed by atoms with van der Waals surface area (Å²) >= 11 is 0. The maximum atomic E-state index is 6.75. The third-order valence-electron chi connectivity index (χ3n) is 2.61. The van der Waals surface area contributed by atoms with Crippen LogP contribution in [0.2, 0.25) is 0 Å². The van der Waals surface area contributed by atoms with E-state index in [4.69, 9.17) is 6.57 Å². The van der Waals surface area contributed by atoms with Crippen molar-refractivity contribution in [3.8, 4) is 0 Å². The summed E-state index contributed by atoms with van der Waals surface area (Å²) < 4.78 is 0. The van der Waals surface area contributed by atoms with Gasteiger partial charge in [0.05, 0.1) is 0 Å². The molecule has 0 aliphatic heterocycles. The van der Waals surface area contributed by atoms with Crippen molar-refractivity contribution >= 4 is 0 Å². The fraction of sp³-hybridized carbons (Fsp3) is 0.889. The van der Waals surface area contributed by atoms with E-state index < -0.39 is 0 Å². The molecular weight excluding hydrogens is 122 g/mol. The van der Waals surface area contributed by atoms with Crippen molar-refractivity contribution in [3.63, 3.8) is 0 Å². The Morgan fingerprint density at radius 2 is 2.10 bits per heavy atom. The minimum Gasteiger partial charge on any atom is -0.317 e. The lowest BCUT2D eigenvalue weighted by molar-refractivity contribution is 0.273. The molecule has 2 unspecified atom stereocenters. The molecule has 0 spiro atoms. The molecule has 0 bridgehead atoms. The lowest BCUT2D eigenvalue weighted by atomic mass is 9.81. The fourth-order valence-electron chi connectivity index (χ4n) is 1.78. The van der Waals surface area contributed by atoms with E-state index in [1.54, 1.807) is 0 Å². The molecule has 0 aromatic heterocycles. The first-order valence-electron chi connectivity index (χ1n) is 4.18. The van der Waals surface area contributed by atoms with Gasteiger partial charge in [-0.15, -0.1) is 0 Å². The molecule has 0 aromatic carbocycles. The van der Waals surface area contributed by atoms with Crippen molar-refractivity contribution in [3.05, 3.63) is 11.4 Å². The smallest absolute Gasteiger partial charge is 0.217 e. The predicted molar refractivity (Wildman–Crippen MR) is 42.6 cm³/mol. The zero-order valence-corrected chi connectivity index (χ0v) is 6.64. The number of nitrogens with zero attached hydrogens (tertiary/aromatic N) is 1. The fourth-order valence-corrected chi connectivity index (χ4v) is 1.78. The topological polar surface area (TPSA) is 4.36 Å². The minimum absolute atomic E-state index is 0.714. The monoisotopic (exact) mass is 137 g/mol. The van der Waals surface area contributed by atoms with Crippen LogP contribution in [0.3, 0.4) is 0 Å².